The van der Waals surface area contributed by atoms with E-state index >= 15 is 0 Å². The standard InChI is InChI=1S/C13H15Br/c14-12-11-8-4-5-9-13(11,12)10-6-2-1-3-7-10/h1-3,6-7,11-12H,4-5,8-9H2/t11-,12+,13+/m1/s1. The molecule has 3 atom stereocenters. The van der Waals surface area contributed by atoms with E-state index in [1.807, 2.05) is 0 Å². The average molecular weight is 251 g/mol. The van der Waals surface area contributed by atoms with Crippen molar-refractivity contribution >= 4 is 15.9 Å². The van der Waals surface area contributed by atoms with E-state index in [4.69, 9.17) is 0 Å². The molecule has 0 heterocycles. The van der Waals surface area contributed by atoms with Crippen LogP contribution in [-0.2, 0) is 5.41 Å². The lowest BCUT2D eigenvalue weighted by Gasteiger charge is -2.22. The van der Waals surface area contributed by atoms with Gasteiger partial charge in [0.1, 0.15) is 0 Å². The second kappa shape index (κ2) is 3.10. The van der Waals surface area contributed by atoms with Gasteiger partial charge < -0.3 is 0 Å². The summed E-state index contributed by atoms with van der Waals surface area (Å²) in [5.41, 5.74) is 2.08. The van der Waals surface area contributed by atoms with Crippen molar-refractivity contribution in [2.24, 2.45) is 5.92 Å². The Morgan fingerprint density at radius 2 is 1.93 bits per heavy atom. The second-order valence-corrected chi connectivity index (χ2v) is 5.65. The van der Waals surface area contributed by atoms with Gasteiger partial charge in [-0.05, 0) is 24.3 Å². The van der Waals surface area contributed by atoms with Gasteiger partial charge in [-0.1, -0.05) is 59.1 Å². The summed E-state index contributed by atoms with van der Waals surface area (Å²) in [7, 11) is 0. The van der Waals surface area contributed by atoms with Gasteiger partial charge >= 0.3 is 0 Å². The Bertz CT molecular complexity index is 332. The van der Waals surface area contributed by atoms with E-state index in [-0.39, 0.29) is 0 Å². The molecule has 2 aliphatic carbocycles. The second-order valence-electron chi connectivity index (χ2n) is 4.66. The van der Waals surface area contributed by atoms with E-state index in [1.54, 1.807) is 5.56 Å². The van der Waals surface area contributed by atoms with E-state index in [0.29, 0.717) is 5.41 Å². The number of halogens is 1. The Kier molecular flexibility index (Phi) is 1.98. The average Bonchev–Trinajstić information content (AvgIpc) is 2.88. The van der Waals surface area contributed by atoms with Crippen LogP contribution in [0.4, 0.5) is 0 Å². The predicted octanol–water partition coefficient (Wildman–Crippen LogP) is 3.89. The molecule has 0 unspecified atom stereocenters. The summed E-state index contributed by atoms with van der Waals surface area (Å²) in [5.74, 6) is 0.915. The van der Waals surface area contributed by atoms with Crippen LogP contribution in [0, 0.1) is 5.92 Å². The fourth-order valence-electron chi connectivity index (χ4n) is 3.24. The third kappa shape index (κ3) is 1.05. The van der Waals surface area contributed by atoms with Gasteiger partial charge in [0, 0.05) is 10.2 Å². The van der Waals surface area contributed by atoms with E-state index in [9.17, 15) is 0 Å². The first-order valence-corrected chi connectivity index (χ1v) is 6.47. The molecule has 0 N–H and O–H groups in total. The van der Waals surface area contributed by atoms with Crippen molar-refractivity contribution < 1.29 is 0 Å². The van der Waals surface area contributed by atoms with Gasteiger partial charge in [0.15, 0.2) is 0 Å². The lowest BCUT2D eigenvalue weighted by molar-refractivity contribution is 0.428. The van der Waals surface area contributed by atoms with E-state index in [1.165, 1.54) is 25.7 Å². The van der Waals surface area contributed by atoms with Gasteiger partial charge in [0.2, 0.25) is 0 Å². The number of fused-ring (bicyclic) bond motifs is 1. The van der Waals surface area contributed by atoms with Gasteiger partial charge in [0.25, 0.3) is 0 Å². The van der Waals surface area contributed by atoms with Gasteiger partial charge in [0.05, 0.1) is 0 Å². The molecule has 0 saturated heterocycles. The van der Waals surface area contributed by atoms with Crippen LogP contribution in [-0.4, -0.2) is 4.83 Å². The van der Waals surface area contributed by atoms with E-state index < -0.39 is 0 Å². The van der Waals surface area contributed by atoms with Crippen LogP contribution in [0.1, 0.15) is 31.2 Å². The van der Waals surface area contributed by atoms with Gasteiger partial charge in [-0.3, -0.25) is 0 Å². The molecular weight excluding hydrogens is 236 g/mol. The topological polar surface area (TPSA) is 0 Å². The number of rotatable bonds is 1. The maximum Gasteiger partial charge on any atom is 0.0282 e. The van der Waals surface area contributed by atoms with E-state index in [2.05, 4.69) is 46.3 Å². The van der Waals surface area contributed by atoms with Crippen LogP contribution in [0.25, 0.3) is 0 Å². The van der Waals surface area contributed by atoms with Crippen molar-refractivity contribution in [1.29, 1.82) is 0 Å². The number of benzene rings is 1. The molecule has 3 rings (SSSR count). The molecule has 0 nitrogen and oxygen atoms in total. The minimum absolute atomic E-state index is 0.513. The highest BCUT2D eigenvalue weighted by Gasteiger charge is 2.64. The summed E-state index contributed by atoms with van der Waals surface area (Å²) < 4.78 is 0. The highest BCUT2D eigenvalue weighted by molar-refractivity contribution is 9.09. The predicted molar refractivity (Wildman–Crippen MR) is 62.8 cm³/mol. The Morgan fingerprint density at radius 3 is 2.64 bits per heavy atom. The quantitative estimate of drug-likeness (QED) is 0.664. The molecule has 74 valence electrons. The maximum absolute atomic E-state index is 3.87. The summed E-state index contributed by atoms with van der Waals surface area (Å²) in [6.45, 7) is 0. The summed E-state index contributed by atoms with van der Waals surface area (Å²) >= 11 is 3.87. The number of alkyl halides is 1. The van der Waals surface area contributed by atoms with Crippen LogP contribution in [0.2, 0.25) is 0 Å². The zero-order valence-corrected chi connectivity index (χ0v) is 9.83. The van der Waals surface area contributed by atoms with Crippen molar-refractivity contribution in [2.45, 2.75) is 35.9 Å². The Hall–Kier alpha value is -0.300. The van der Waals surface area contributed by atoms with E-state index in [0.717, 1.165) is 10.7 Å². The molecule has 2 fully saturated rings. The molecule has 2 saturated carbocycles. The molecule has 1 heteroatoms. The van der Waals surface area contributed by atoms with Crippen molar-refractivity contribution in [3.05, 3.63) is 35.9 Å². The van der Waals surface area contributed by atoms with Crippen LogP contribution in [0.15, 0.2) is 30.3 Å². The van der Waals surface area contributed by atoms with Crippen molar-refractivity contribution in [2.75, 3.05) is 0 Å². The molecular formula is C13H15Br. The lowest BCUT2D eigenvalue weighted by atomic mass is 9.83. The maximum atomic E-state index is 3.87. The lowest BCUT2D eigenvalue weighted by Crippen LogP contribution is -2.15. The Balaban J connectivity index is 1.98. The molecule has 0 aliphatic heterocycles. The van der Waals surface area contributed by atoms with Crippen molar-refractivity contribution in [3.63, 3.8) is 0 Å². The van der Waals surface area contributed by atoms with Gasteiger partial charge in [-0.25, -0.2) is 0 Å². The molecule has 0 amide bonds. The minimum Gasteiger partial charge on any atom is -0.0877 e. The minimum atomic E-state index is 0.513. The zero-order valence-electron chi connectivity index (χ0n) is 8.25. The molecule has 0 radical (unpaired) electrons. The fourth-order valence-corrected chi connectivity index (χ4v) is 4.66. The van der Waals surface area contributed by atoms with Crippen LogP contribution < -0.4 is 0 Å². The molecule has 0 spiro atoms. The highest BCUT2D eigenvalue weighted by Crippen LogP contribution is 2.65. The molecule has 0 aromatic heterocycles. The first-order chi connectivity index (χ1) is 6.86. The molecule has 2 aliphatic rings. The molecule has 0 bridgehead atoms. The zero-order chi connectivity index (χ0) is 9.60. The largest absolute Gasteiger partial charge is 0.0877 e. The smallest absolute Gasteiger partial charge is 0.0282 e. The third-order valence-electron chi connectivity index (χ3n) is 4.06. The summed E-state index contributed by atoms with van der Waals surface area (Å²) in [5, 5.41) is 0. The molecule has 1 aromatic rings. The summed E-state index contributed by atoms with van der Waals surface area (Å²) in [6, 6.07) is 11.1. The first-order valence-electron chi connectivity index (χ1n) is 5.55. The summed E-state index contributed by atoms with van der Waals surface area (Å²) in [6.07, 6.45) is 5.65. The van der Waals surface area contributed by atoms with Crippen LogP contribution in [0.3, 0.4) is 0 Å². The van der Waals surface area contributed by atoms with Crippen LogP contribution in [0.5, 0.6) is 0 Å². The molecule has 1 aromatic carbocycles. The molecule has 14 heavy (non-hydrogen) atoms. The Morgan fingerprint density at radius 1 is 1.14 bits per heavy atom. The fraction of sp³-hybridized carbons (Fsp3) is 0.538. The highest BCUT2D eigenvalue weighted by atomic mass is 79.9. The summed E-state index contributed by atoms with van der Waals surface area (Å²) in [4.78, 5) is 0.750. The third-order valence-corrected chi connectivity index (χ3v) is 5.52. The van der Waals surface area contributed by atoms with Gasteiger partial charge in [-0.2, -0.15) is 0 Å². The SMILES string of the molecule is Br[C@H]1[C@H]2CCCC[C@]21c1ccccc1. The van der Waals surface area contributed by atoms with Crippen LogP contribution >= 0.6 is 15.9 Å². The first kappa shape index (κ1) is 8.96. The number of hydrogen-bond acceptors (Lipinski definition) is 0. The Labute approximate surface area is 93.8 Å². The van der Waals surface area contributed by atoms with Crippen molar-refractivity contribution in [3.8, 4) is 0 Å². The normalized spacial score (nSPS) is 40.4. The van der Waals surface area contributed by atoms with Gasteiger partial charge in [-0.15, -0.1) is 0 Å². The number of hydrogen-bond donors (Lipinski definition) is 0. The van der Waals surface area contributed by atoms with Crippen molar-refractivity contribution in [1.82, 2.24) is 0 Å². The monoisotopic (exact) mass is 250 g/mol.